The number of nitrogens with zero attached hydrogens (tertiary/aromatic N) is 2. The molecule has 0 bridgehead atoms. The molecule has 0 radical (unpaired) electrons. The lowest BCUT2D eigenvalue weighted by Gasteiger charge is -2.02. The summed E-state index contributed by atoms with van der Waals surface area (Å²) in [6.45, 7) is 1.87. The number of nitro groups is 1. The molecule has 0 unspecified atom stereocenters. The molecule has 7 heteroatoms. The van der Waals surface area contributed by atoms with E-state index in [1.165, 1.54) is 0 Å². The maximum atomic E-state index is 10.6. The number of carboxylic acids is 1. The van der Waals surface area contributed by atoms with Crippen LogP contribution in [0, 0.1) is 10.1 Å². The van der Waals surface area contributed by atoms with Crippen molar-refractivity contribution in [3.05, 3.63) is 27.9 Å². The summed E-state index contributed by atoms with van der Waals surface area (Å²) in [6, 6.07) is 0.917. The highest BCUT2D eigenvalue weighted by molar-refractivity contribution is 5.88. The summed E-state index contributed by atoms with van der Waals surface area (Å²) in [7, 11) is 0. The number of rotatable bonds is 4. The van der Waals surface area contributed by atoms with E-state index in [0.717, 1.165) is 12.3 Å². The van der Waals surface area contributed by atoms with Crippen LogP contribution in [0.15, 0.2) is 12.3 Å². The van der Waals surface area contributed by atoms with Crippen molar-refractivity contribution in [2.75, 3.05) is 6.61 Å². The largest absolute Gasteiger partial charge is 0.478 e. The van der Waals surface area contributed by atoms with Gasteiger partial charge in [0.1, 0.15) is 0 Å². The zero-order chi connectivity index (χ0) is 11.4. The molecule has 0 fully saturated rings. The lowest BCUT2D eigenvalue weighted by Crippen LogP contribution is -2.03. The van der Waals surface area contributed by atoms with Gasteiger partial charge in [-0.1, -0.05) is 0 Å². The lowest BCUT2D eigenvalue weighted by atomic mass is 10.2. The van der Waals surface area contributed by atoms with E-state index in [-0.39, 0.29) is 18.1 Å². The predicted octanol–water partition coefficient (Wildman–Crippen LogP) is 1.09. The van der Waals surface area contributed by atoms with E-state index in [2.05, 4.69) is 4.98 Å². The molecular weight excluding hydrogens is 204 g/mol. The zero-order valence-corrected chi connectivity index (χ0v) is 7.84. The number of pyridine rings is 1. The van der Waals surface area contributed by atoms with E-state index >= 15 is 0 Å². The van der Waals surface area contributed by atoms with Crippen LogP contribution >= 0.6 is 0 Å². The average molecular weight is 212 g/mol. The fourth-order valence-electron chi connectivity index (χ4n) is 0.936. The molecule has 15 heavy (non-hydrogen) atoms. The predicted molar refractivity (Wildman–Crippen MR) is 49.0 cm³/mol. The molecule has 1 aromatic heterocycles. The molecule has 80 valence electrons. The molecule has 0 amide bonds. The minimum Gasteiger partial charge on any atom is -0.478 e. The molecular formula is C8H8N2O5. The molecule has 0 atom stereocenters. The van der Waals surface area contributed by atoms with Crippen molar-refractivity contribution in [3.8, 4) is 5.88 Å². The highest BCUT2D eigenvalue weighted by Gasteiger charge is 2.19. The first-order chi connectivity index (χ1) is 7.06. The van der Waals surface area contributed by atoms with Gasteiger partial charge in [-0.15, -0.1) is 0 Å². The number of hydrogen-bond donors (Lipinski definition) is 1. The molecule has 1 aromatic rings. The monoisotopic (exact) mass is 212 g/mol. The van der Waals surface area contributed by atoms with Gasteiger partial charge in [0.2, 0.25) is 0 Å². The van der Waals surface area contributed by atoms with Gasteiger partial charge in [-0.2, -0.15) is 0 Å². The fraction of sp³-hybridized carbons (Fsp3) is 0.250. The first kappa shape index (κ1) is 10.9. The standard InChI is InChI=1S/C8H8N2O5/c1-2-15-7-6(10(13)14)3-5(4-9-7)8(11)12/h3-4H,2H2,1H3,(H,11,12). The SMILES string of the molecule is CCOc1ncc(C(=O)O)cc1[N+](=O)[O-]. The molecule has 1 rings (SSSR count). The minimum atomic E-state index is -1.27. The van der Waals surface area contributed by atoms with Gasteiger partial charge in [0.25, 0.3) is 5.88 Å². The normalized spacial score (nSPS) is 9.67. The summed E-state index contributed by atoms with van der Waals surface area (Å²) in [5.41, 5.74) is -0.693. The Morgan fingerprint density at radius 3 is 2.87 bits per heavy atom. The van der Waals surface area contributed by atoms with E-state index < -0.39 is 16.6 Å². The third-order valence-corrected chi connectivity index (χ3v) is 1.56. The molecule has 0 aliphatic rings. The Bertz CT molecular complexity index is 404. The van der Waals surface area contributed by atoms with Gasteiger partial charge in [0.05, 0.1) is 17.1 Å². The van der Waals surface area contributed by atoms with E-state index in [1.807, 2.05) is 0 Å². The number of aromatic carboxylic acids is 1. The van der Waals surface area contributed by atoms with E-state index in [9.17, 15) is 14.9 Å². The molecule has 1 N–H and O–H groups in total. The van der Waals surface area contributed by atoms with Gasteiger partial charge >= 0.3 is 11.7 Å². The summed E-state index contributed by atoms with van der Waals surface area (Å²) in [5.74, 6) is -1.44. The maximum absolute atomic E-state index is 10.6. The van der Waals surface area contributed by atoms with Crippen molar-refractivity contribution in [1.82, 2.24) is 4.98 Å². The second-order valence-electron chi connectivity index (χ2n) is 2.54. The van der Waals surface area contributed by atoms with Crippen LogP contribution < -0.4 is 4.74 Å². The van der Waals surface area contributed by atoms with Crippen molar-refractivity contribution in [1.29, 1.82) is 0 Å². The second-order valence-corrected chi connectivity index (χ2v) is 2.54. The van der Waals surface area contributed by atoms with Crippen molar-refractivity contribution < 1.29 is 19.6 Å². The van der Waals surface area contributed by atoms with Gasteiger partial charge in [0.15, 0.2) is 0 Å². The average Bonchev–Trinajstić information content (AvgIpc) is 2.18. The molecule has 0 saturated carbocycles. The lowest BCUT2D eigenvalue weighted by molar-refractivity contribution is -0.386. The Kier molecular flexibility index (Phi) is 3.17. The summed E-state index contributed by atoms with van der Waals surface area (Å²) in [6.07, 6.45) is 1.01. The van der Waals surface area contributed by atoms with Crippen LogP contribution in [0.3, 0.4) is 0 Å². The maximum Gasteiger partial charge on any atom is 0.337 e. The van der Waals surface area contributed by atoms with Crippen LogP contribution in [0.4, 0.5) is 5.69 Å². The van der Waals surface area contributed by atoms with Crippen molar-refractivity contribution in [3.63, 3.8) is 0 Å². The molecule has 7 nitrogen and oxygen atoms in total. The van der Waals surface area contributed by atoms with E-state index in [1.54, 1.807) is 6.92 Å². The Balaban J connectivity index is 3.20. The Hall–Kier alpha value is -2.18. The summed E-state index contributed by atoms with van der Waals surface area (Å²) in [5, 5.41) is 19.2. The van der Waals surface area contributed by atoms with Gasteiger partial charge in [0, 0.05) is 12.3 Å². The number of hydrogen-bond acceptors (Lipinski definition) is 5. The van der Waals surface area contributed by atoms with Crippen LogP contribution in [-0.2, 0) is 0 Å². The third-order valence-electron chi connectivity index (χ3n) is 1.56. The Morgan fingerprint density at radius 2 is 2.40 bits per heavy atom. The number of carboxylic acid groups (broad SMARTS) is 1. The van der Waals surface area contributed by atoms with Crippen LogP contribution in [0.2, 0.25) is 0 Å². The van der Waals surface area contributed by atoms with Gasteiger partial charge in [-0.05, 0) is 6.92 Å². The van der Waals surface area contributed by atoms with Crippen LogP contribution in [0.5, 0.6) is 5.88 Å². The van der Waals surface area contributed by atoms with Gasteiger partial charge < -0.3 is 9.84 Å². The molecule has 0 spiro atoms. The highest BCUT2D eigenvalue weighted by Crippen LogP contribution is 2.24. The molecule has 0 aliphatic heterocycles. The second kappa shape index (κ2) is 4.36. The van der Waals surface area contributed by atoms with Crippen LogP contribution in [0.25, 0.3) is 0 Å². The third kappa shape index (κ3) is 2.39. The highest BCUT2D eigenvalue weighted by atomic mass is 16.6. The molecule has 1 heterocycles. The zero-order valence-electron chi connectivity index (χ0n) is 7.84. The first-order valence-electron chi connectivity index (χ1n) is 4.06. The van der Waals surface area contributed by atoms with Gasteiger partial charge in [-0.3, -0.25) is 10.1 Å². The summed E-state index contributed by atoms with van der Waals surface area (Å²) in [4.78, 5) is 23.9. The topological polar surface area (TPSA) is 103 Å². The smallest absolute Gasteiger partial charge is 0.337 e. The summed E-state index contributed by atoms with van der Waals surface area (Å²) < 4.78 is 4.89. The van der Waals surface area contributed by atoms with Crippen molar-refractivity contribution >= 4 is 11.7 Å². The van der Waals surface area contributed by atoms with Crippen molar-refractivity contribution in [2.24, 2.45) is 0 Å². The van der Waals surface area contributed by atoms with Crippen molar-refractivity contribution in [2.45, 2.75) is 6.92 Å². The number of carbonyl (C=O) groups is 1. The van der Waals surface area contributed by atoms with Crippen LogP contribution in [-0.4, -0.2) is 27.6 Å². The Morgan fingerprint density at radius 1 is 1.73 bits per heavy atom. The van der Waals surface area contributed by atoms with E-state index in [0.29, 0.717) is 0 Å². The molecule has 0 aromatic carbocycles. The minimum absolute atomic E-state index is 0.174. The number of ether oxygens (including phenoxy) is 1. The quantitative estimate of drug-likeness (QED) is 0.591. The Labute approximate surface area is 84.5 Å². The summed E-state index contributed by atoms with van der Waals surface area (Å²) >= 11 is 0. The molecule has 0 saturated heterocycles. The van der Waals surface area contributed by atoms with Crippen LogP contribution in [0.1, 0.15) is 17.3 Å². The molecule has 0 aliphatic carbocycles. The number of aromatic nitrogens is 1. The first-order valence-corrected chi connectivity index (χ1v) is 4.06. The van der Waals surface area contributed by atoms with E-state index in [4.69, 9.17) is 9.84 Å². The van der Waals surface area contributed by atoms with Gasteiger partial charge in [-0.25, -0.2) is 9.78 Å². The fourth-order valence-corrected chi connectivity index (χ4v) is 0.936.